The average molecular weight is 146 g/mol. The molecule has 1 nitrogen and oxygen atoms in total. The van der Waals surface area contributed by atoms with Crippen molar-refractivity contribution in [1.82, 2.24) is 0 Å². The maximum absolute atomic E-state index is 5.12. The summed E-state index contributed by atoms with van der Waals surface area (Å²) < 4.78 is 5.12. The molecule has 1 rings (SSSR count). The average Bonchev–Trinajstić information content (AvgIpc) is 2.06. The summed E-state index contributed by atoms with van der Waals surface area (Å²) in [6.07, 6.45) is 3.15. The summed E-state index contributed by atoms with van der Waals surface area (Å²) in [5, 5.41) is 0. The summed E-state index contributed by atoms with van der Waals surface area (Å²) in [4.78, 5) is 0. The molecule has 0 fully saturated rings. The van der Waals surface area contributed by atoms with Gasteiger partial charge in [0.15, 0.2) is 0 Å². The first-order valence-electron chi connectivity index (χ1n) is 3.37. The Balaban J connectivity index is 3.01. The van der Waals surface area contributed by atoms with Crippen LogP contribution in [0.2, 0.25) is 0 Å². The van der Waals surface area contributed by atoms with Crippen molar-refractivity contribution in [3.63, 3.8) is 0 Å². The molecule has 0 saturated heterocycles. The minimum atomic E-state index is 0.789. The number of para-hydroxylation sites is 1. The number of hydrogen-bond acceptors (Lipinski definition) is 1. The minimum Gasteiger partial charge on any atom is -0.465 e. The fourth-order valence-corrected chi connectivity index (χ4v) is 0.846. The van der Waals surface area contributed by atoms with E-state index in [-0.39, 0.29) is 0 Å². The highest BCUT2D eigenvalue weighted by atomic mass is 16.5. The van der Waals surface area contributed by atoms with Crippen LogP contribution in [0.5, 0.6) is 5.75 Å². The smallest absolute Gasteiger partial charge is 0.133 e. The Hall–Kier alpha value is -1.50. The van der Waals surface area contributed by atoms with Gasteiger partial charge in [0.1, 0.15) is 5.75 Å². The predicted octanol–water partition coefficient (Wildman–Crippen LogP) is 2.85. The van der Waals surface area contributed by atoms with Gasteiger partial charge in [-0.25, -0.2) is 0 Å². The van der Waals surface area contributed by atoms with E-state index in [1.807, 2.05) is 24.3 Å². The lowest BCUT2D eigenvalue weighted by Crippen LogP contribution is -1.83. The van der Waals surface area contributed by atoms with Gasteiger partial charge in [0.05, 0.1) is 6.26 Å². The van der Waals surface area contributed by atoms with Gasteiger partial charge in [-0.15, -0.1) is 0 Å². The van der Waals surface area contributed by atoms with E-state index in [4.69, 9.17) is 4.74 Å². The normalized spacial score (nSPS) is 8.73. The van der Waals surface area contributed by atoms with E-state index < -0.39 is 0 Å². The van der Waals surface area contributed by atoms with Crippen LogP contribution in [0.1, 0.15) is 5.56 Å². The standard InChI is InChI=1S/C10H10O/c1-3-9-7-5-6-8-10(9)11-4-2/h3-8H,1-2H2. The molecule has 1 aromatic carbocycles. The Morgan fingerprint density at radius 1 is 1.18 bits per heavy atom. The molecule has 11 heavy (non-hydrogen) atoms. The molecule has 0 N–H and O–H groups in total. The van der Waals surface area contributed by atoms with Crippen molar-refractivity contribution in [3.05, 3.63) is 49.2 Å². The second kappa shape index (κ2) is 3.62. The first-order valence-corrected chi connectivity index (χ1v) is 3.37. The summed E-state index contributed by atoms with van der Waals surface area (Å²) in [6, 6.07) is 7.66. The lowest BCUT2D eigenvalue weighted by atomic mass is 10.2. The van der Waals surface area contributed by atoms with Crippen LogP contribution >= 0.6 is 0 Å². The summed E-state index contributed by atoms with van der Waals surface area (Å²) in [5.41, 5.74) is 0.979. The molecule has 0 aliphatic carbocycles. The highest BCUT2D eigenvalue weighted by molar-refractivity contribution is 5.55. The number of rotatable bonds is 3. The summed E-state index contributed by atoms with van der Waals surface area (Å²) in [7, 11) is 0. The van der Waals surface area contributed by atoms with E-state index in [0.29, 0.717) is 0 Å². The van der Waals surface area contributed by atoms with Gasteiger partial charge in [0, 0.05) is 5.56 Å². The zero-order chi connectivity index (χ0) is 8.10. The molecule has 0 heterocycles. The van der Waals surface area contributed by atoms with Crippen LogP contribution in [0, 0.1) is 0 Å². The summed E-state index contributed by atoms with van der Waals surface area (Å²) >= 11 is 0. The van der Waals surface area contributed by atoms with E-state index in [0.717, 1.165) is 11.3 Å². The Morgan fingerprint density at radius 2 is 1.91 bits per heavy atom. The fraction of sp³-hybridized carbons (Fsp3) is 0. The van der Waals surface area contributed by atoms with E-state index >= 15 is 0 Å². The van der Waals surface area contributed by atoms with Gasteiger partial charge in [-0.1, -0.05) is 37.4 Å². The van der Waals surface area contributed by atoms with Crippen molar-refractivity contribution >= 4 is 6.08 Å². The molecule has 0 atom stereocenters. The van der Waals surface area contributed by atoms with Crippen LogP contribution in [0.3, 0.4) is 0 Å². The van der Waals surface area contributed by atoms with E-state index in [9.17, 15) is 0 Å². The van der Waals surface area contributed by atoms with Crippen LogP contribution < -0.4 is 4.74 Å². The van der Waals surface area contributed by atoms with Crippen LogP contribution in [0.4, 0.5) is 0 Å². The van der Waals surface area contributed by atoms with Crippen molar-refractivity contribution in [2.45, 2.75) is 0 Å². The Morgan fingerprint density at radius 3 is 2.55 bits per heavy atom. The van der Waals surface area contributed by atoms with Gasteiger partial charge in [0.25, 0.3) is 0 Å². The predicted molar refractivity (Wildman–Crippen MR) is 47.4 cm³/mol. The van der Waals surface area contributed by atoms with Gasteiger partial charge in [0.2, 0.25) is 0 Å². The summed E-state index contributed by atoms with van der Waals surface area (Å²) in [6.45, 7) is 7.13. The maximum atomic E-state index is 5.12. The van der Waals surface area contributed by atoms with Crippen LogP contribution in [-0.2, 0) is 0 Å². The molecule has 0 radical (unpaired) electrons. The SMILES string of the molecule is C=COc1ccccc1C=C. The van der Waals surface area contributed by atoms with Gasteiger partial charge in [-0.05, 0) is 6.07 Å². The molecule has 0 aromatic heterocycles. The van der Waals surface area contributed by atoms with Crippen LogP contribution in [0.15, 0.2) is 43.7 Å². The minimum absolute atomic E-state index is 0.789. The van der Waals surface area contributed by atoms with Crippen molar-refractivity contribution in [3.8, 4) is 5.75 Å². The van der Waals surface area contributed by atoms with Gasteiger partial charge in [-0.3, -0.25) is 0 Å². The number of hydrogen-bond donors (Lipinski definition) is 0. The van der Waals surface area contributed by atoms with Crippen molar-refractivity contribution < 1.29 is 4.74 Å². The van der Waals surface area contributed by atoms with Gasteiger partial charge < -0.3 is 4.74 Å². The van der Waals surface area contributed by atoms with Crippen molar-refractivity contribution in [1.29, 1.82) is 0 Å². The van der Waals surface area contributed by atoms with Crippen LogP contribution in [-0.4, -0.2) is 0 Å². The molecule has 0 aliphatic rings. The van der Waals surface area contributed by atoms with Crippen LogP contribution in [0.25, 0.3) is 6.08 Å². The zero-order valence-corrected chi connectivity index (χ0v) is 6.29. The van der Waals surface area contributed by atoms with Gasteiger partial charge >= 0.3 is 0 Å². The van der Waals surface area contributed by atoms with Crippen molar-refractivity contribution in [2.24, 2.45) is 0 Å². The number of ether oxygens (including phenoxy) is 1. The lowest BCUT2D eigenvalue weighted by Gasteiger charge is -2.02. The molecule has 0 saturated carbocycles. The first-order chi connectivity index (χ1) is 5.38. The topological polar surface area (TPSA) is 9.23 Å². The molecular formula is C10H10O. The first kappa shape index (κ1) is 7.61. The lowest BCUT2D eigenvalue weighted by molar-refractivity contribution is 0.482. The number of benzene rings is 1. The molecule has 0 bridgehead atoms. The highest BCUT2D eigenvalue weighted by Crippen LogP contribution is 2.18. The quantitative estimate of drug-likeness (QED) is 0.596. The van der Waals surface area contributed by atoms with E-state index in [1.54, 1.807) is 6.08 Å². The monoisotopic (exact) mass is 146 g/mol. The van der Waals surface area contributed by atoms with E-state index in [2.05, 4.69) is 13.2 Å². The maximum Gasteiger partial charge on any atom is 0.133 e. The fourth-order valence-electron chi connectivity index (χ4n) is 0.846. The van der Waals surface area contributed by atoms with Gasteiger partial charge in [-0.2, -0.15) is 0 Å². The third kappa shape index (κ3) is 1.71. The molecular weight excluding hydrogens is 136 g/mol. The second-order valence-electron chi connectivity index (χ2n) is 2.03. The van der Waals surface area contributed by atoms with Crippen molar-refractivity contribution in [2.75, 3.05) is 0 Å². The zero-order valence-electron chi connectivity index (χ0n) is 6.29. The highest BCUT2D eigenvalue weighted by Gasteiger charge is 1.94. The Bertz CT molecular complexity index is 263. The molecule has 1 aromatic rings. The largest absolute Gasteiger partial charge is 0.465 e. The third-order valence-corrected chi connectivity index (χ3v) is 1.35. The Labute approximate surface area is 66.6 Å². The third-order valence-electron chi connectivity index (χ3n) is 1.35. The second-order valence-corrected chi connectivity index (χ2v) is 2.03. The Kier molecular flexibility index (Phi) is 2.50. The molecule has 56 valence electrons. The summed E-state index contributed by atoms with van der Waals surface area (Å²) in [5.74, 6) is 0.789. The van der Waals surface area contributed by atoms with E-state index in [1.165, 1.54) is 6.26 Å². The molecule has 0 unspecified atom stereocenters. The molecule has 0 spiro atoms. The molecule has 0 amide bonds. The molecule has 0 aliphatic heterocycles. The molecule has 1 heteroatoms.